The summed E-state index contributed by atoms with van der Waals surface area (Å²) >= 11 is 0. The molecule has 0 saturated heterocycles. The molecule has 0 bridgehead atoms. The monoisotopic (exact) mass is 701 g/mol. The summed E-state index contributed by atoms with van der Waals surface area (Å²) < 4.78 is 6.87. The Morgan fingerprint density at radius 2 is 0.836 bits per heavy atom. The highest BCUT2D eigenvalue weighted by molar-refractivity contribution is 6.13. The van der Waals surface area contributed by atoms with Crippen molar-refractivity contribution < 1.29 is 0 Å². The molecular weight excluding hydrogens is 675 g/mol. The van der Waals surface area contributed by atoms with E-state index in [1.807, 2.05) is 18.2 Å². The van der Waals surface area contributed by atoms with Gasteiger partial charge in [-0.2, -0.15) is 10.5 Å². The number of hydrogen-bond acceptors (Lipinski definition) is 4. The maximum atomic E-state index is 10.7. The van der Waals surface area contributed by atoms with Crippen molar-refractivity contribution in [1.29, 1.82) is 10.5 Å². The Morgan fingerprint density at radius 3 is 1.27 bits per heavy atom. The minimum Gasteiger partial charge on any atom is -0.309 e. The van der Waals surface area contributed by atoms with Crippen LogP contribution in [-0.4, -0.2) is 23.7 Å². The molecule has 55 heavy (non-hydrogen) atoms. The van der Waals surface area contributed by atoms with Gasteiger partial charge in [-0.15, -0.1) is 0 Å². The van der Waals surface area contributed by atoms with E-state index in [1.165, 1.54) is 33.9 Å². The Balaban J connectivity index is 1.21. The molecule has 11 rings (SSSR count). The normalized spacial score (nSPS) is 11.6. The molecule has 0 fully saturated rings. The molecule has 0 unspecified atom stereocenters. The molecule has 0 radical (unpaired) electrons. The second kappa shape index (κ2) is 11.8. The Kier molecular flexibility index (Phi) is 6.54. The SMILES string of the molecule is N#Cc1cnc(-c2ccc(-n3c4cc(-n5c6ccccc6c6ccccc65)ccc4c4ccc(-n5c6ccccc6c6ccccc65)cc43)c(C#N)c2)nc1. The summed E-state index contributed by atoms with van der Waals surface area (Å²) in [4.78, 5) is 8.82. The lowest BCUT2D eigenvalue weighted by Gasteiger charge is -2.14. The average Bonchev–Trinajstić information content (AvgIpc) is 3.88. The zero-order valence-electron chi connectivity index (χ0n) is 29.2. The Hall–Kier alpha value is -8.00. The number of nitriles is 2. The topological polar surface area (TPSA) is 88.1 Å². The largest absolute Gasteiger partial charge is 0.309 e. The summed E-state index contributed by atoms with van der Waals surface area (Å²) in [6, 6.07) is 57.7. The van der Waals surface area contributed by atoms with Gasteiger partial charge in [0.15, 0.2) is 5.82 Å². The van der Waals surface area contributed by atoms with Gasteiger partial charge in [0, 0.05) is 61.6 Å². The number of para-hydroxylation sites is 4. The highest BCUT2D eigenvalue weighted by atomic mass is 15.0. The number of benzene rings is 7. The van der Waals surface area contributed by atoms with Gasteiger partial charge in [-0.1, -0.05) is 84.9 Å². The van der Waals surface area contributed by atoms with Crippen LogP contribution in [0.2, 0.25) is 0 Å². The van der Waals surface area contributed by atoms with E-state index in [0.29, 0.717) is 22.5 Å². The molecule has 0 aliphatic rings. The Labute approximate surface area is 314 Å². The fourth-order valence-corrected chi connectivity index (χ4v) is 8.43. The van der Waals surface area contributed by atoms with Crippen LogP contribution in [0.15, 0.2) is 164 Å². The first kappa shape index (κ1) is 30.6. The summed E-state index contributed by atoms with van der Waals surface area (Å²) in [5.74, 6) is 0.451. The number of aromatic nitrogens is 5. The molecule has 7 nitrogen and oxygen atoms in total. The number of nitrogens with zero attached hydrogens (tertiary/aromatic N) is 7. The summed E-state index contributed by atoms with van der Waals surface area (Å²) in [7, 11) is 0. The van der Waals surface area contributed by atoms with E-state index in [4.69, 9.17) is 0 Å². The molecule has 4 aromatic heterocycles. The molecular formula is C48H27N7. The summed E-state index contributed by atoms with van der Waals surface area (Å²) in [6.07, 6.45) is 3.00. The lowest BCUT2D eigenvalue weighted by atomic mass is 10.1. The Morgan fingerprint density at radius 1 is 0.400 bits per heavy atom. The third-order valence-corrected chi connectivity index (χ3v) is 10.8. The van der Waals surface area contributed by atoms with Crippen LogP contribution in [0.3, 0.4) is 0 Å². The zero-order valence-corrected chi connectivity index (χ0v) is 29.2. The predicted octanol–water partition coefficient (Wildman–Crippen LogP) is 11.2. The summed E-state index contributed by atoms with van der Waals surface area (Å²) in [6.45, 7) is 0. The molecule has 0 atom stereocenters. The maximum absolute atomic E-state index is 10.7. The number of fused-ring (bicyclic) bond motifs is 9. The fraction of sp³-hybridized carbons (Fsp3) is 0. The van der Waals surface area contributed by atoms with E-state index in [2.05, 4.69) is 169 Å². The second-order valence-corrected chi connectivity index (χ2v) is 13.7. The first-order valence-corrected chi connectivity index (χ1v) is 18.0. The third-order valence-electron chi connectivity index (χ3n) is 10.8. The fourth-order valence-electron chi connectivity index (χ4n) is 8.43. The van der Waals surface area contributed by atoms with Crippen LogP contribution in [-0.2, 0) is 0 Å². The second-order valence-electron chi connectivity index (χ2n) is 13.7. The maximum Gasteiger partial charge on any atom is 0.159 e. The summed E-state index contributed by atoms with van der Waals surface area (Å²) in [5, 5.41) is 27.0. The van der Waals surface area contributed by atoms with Gasteiger partial charge in [0.25, 0.3) is 0 Å². The van der Waals surface area contributed by atoms with E-state index >= 15 is 0 Å². The van der Waals surface area contributed by atoms with Crippen LogP contribution in [0.4, 0.5) is 0 Å². The van der Waals surface area contributed by atoms with Gasteiger partial charge in [-0.25, -0.2) is 9.97 Å². The molecule has 4 heterocycles. The van der Waals surface area contributed by atoms with Crippen molar-refractivity contribution in [3.63, 3.8) is 0 Å². The minimum absolute atomic E-state index is 0.379. The van der Waals surface area contributed by atoms with Crippen LogP contribution < -0.4 is 0 Å². The van der Waals surface area contributed by atoms with Gasteiger partial charge in [0.1, 0.15) is 12.1 Å². The molecule has 7 heteroatoms. The van der Waals surface area contributed by atoms with E-state index in [9.17, 15) is 10.5 Å². The first-order chi connectivity index (χ1) is 27.2. The van der Waals surface area contributed by atoms with Crippen molar-refractivity contribution in [3.8, 4) is 40.6 Å². The number of rotatable bonds is 4. The van der Waals surface area contributed by atoms with Gasteiger partial charge < -0.3 is 13.7 Å². The van der Waals surface area contributed by atoms with Crippen LogP contribution in [0.1, 0.15) is 11.1 Å². The summed E-state index contributed by atoms with van der Waals surface area (Å²) in [5.41, 5.74) is 10.8. The van der Waals surface area contributed by atoms with Crippen molar-refractivity contribution in [3.05, 3.63) is 175 Å². The van der Waals surface area contributed by atoms with Crippen LogP contribution >= 0.6 is 0 Å². The average molecular weight is 702 g/mol. The van der Waals surface area contributed by atoms with Gasteiger partial charge in [-0.05, 0) is 66.7 Å². The minimum atomic E-state index is 0.379. The molecule has 0 amide bonds. The van der Waals surface area contributed by atoms with Gasteiger partial charge >= 0.3 is 0 Å². The van der Waals surface area contributed by atoms with Crippen LogP contribution in [0.5, 0.6) is 0 Å². The van der Waals surface area contributed by atoms with Crippen molar-refractivity contribution in [1.82, 2.24) is 23.7 Å². The van der Waals surface area contributed by atoms with E-state index in [1.54, 1.807) is 0 Å². The Bertz CT molecular complexity index is 3180. The third kappa shape index (κ3) is 4.48. The smallest absolute Gasteiger partial charge is 0.159 e. The standard InChI is InChI=1S/C48H27N7/c49-26-30-28-51-48(52-29-30)31-17-22-41(32(23-31)27-50)55-46-24-33(53-42-13-5-1-9-35(42)36-10-2-6-14-43(36)53)18-20-39(46)40-21-19-34(25-47(40)55)54-44-15-7-3-11-37(44)38-12-4-8-16-45(38)54/h1-25,28-29H. The van der Waals surface area contributed by atoms with Crippen LogP contribution in [0, 0.1) is 22.7 Å². The molecule has 0 aliphatic carbocycles. The highest BCUT2D eigenvalue weighted by Gasteiger charge is 2.20. The lowest BCUT2D eigenvalue weighted by molar-refractivity contribution is 1.13. The van der Waals surface area contributed by atoms with Crippen LogP contribution in [0.25, 0.3) is 93.9 Å². The van der Waals surface area contributed by atoms with Crippen molar-refractivity contribution in [2.45, 2.75) is 0 Å². The number of hydrogen-bond donors (Lipinski definition) is 0. The first-order valence-electron chi connectivity index (χ1n) is 18.0. The van der Waals surface area contributed by atoms with Crippen molar-refractivity contribution >= 4 is 65.4 Å². The van der Waals surface area contributed by atoms with E-state index in [-0.39, 0.29) is 0 Å². The van der Waals surface area contributed by atoms with E-state index < -0.39 is 0 Å². The molecule has 0 spiro atoms. The quantitative estimate of drug-likeness (QED) is 0.183. The van der Waals surface area contributed by atoms with Gasteiger partial charge in [0.05, 0.1) is 49.9 Å². The van der Waals surface area contributed by atoms with E-state index in [0.717, 1.165) is 60.9 Å². The molecule has 7 aromatic carbocycles. The lowest BCUT2D eigenvalue weighted by Crippen LogP contribution is -2.01. The van der Waals surface area contributed by atoms with Gasteiger partial charge in [0.2, 0.25) is 0 Å². The molecule has 11 aromatic rings. The highest BCUT2D eigenvalue weighted by Crippen LogP contribution is 2.40. The van der Waals surface area contributed by atoms with Crippen molar-refractivity contribution in [2.75, 3.05) is 0 Å². The molecule has 254 valence electrons. The zero-order chi connectivity index (χ0) is 36.6. The van der Waals surface area contributed by atoms with Gasteiger partial charge in [-0.3, -0.25) is 0 Å². The molecule has 0 N–H and O–H groups in total. The van der Waals surface area contributed by atoms with Crippen molar-refractivity contribution in [2.24, 2.45) is 0 Å². The predicted molar refractivity (Wildman–Crippen MR) is 220 cm³/mol. The molecule has 0 saturated carbocycles. The molecule has 0 aliphatic heterocycles.